The third-order valence-corrected chi connectivity index (χ3v) is 8.13. The Morgan fingerprint density at radius 1 is 0.913 bits per heavy atom. The monoisotopic (exact) mass is 663 g/mol. The van der Waals surface area contributed by atoms with Crippen molar-refractivity contribution in [1.29, 1.82) is 0 Å². The van der Waals surface area contributed by atoms with Crippen molar-refractivity contribution in [3.63, 3.8) is 0 Å². The Labute approximate surface area is 280 Å². The van der Waals surface area contributed by atoms with E-state index in [9.17, 15) is 9.59 Å². The SMILES string of the molecule is CCOC(=O)CCCCC(C=Cc1ccccc1OCc1c(-c2c(Cl)cccc2Cl)noc1C)Cc1ccc(C(=O)OCC)cc1. The fraction of sp³-hybridized carbons (Fsp3) is 0.324. The van der Waals surface area contributed by atoms with Crippen LogP contribution in [-0.2, 0) is 27.3 Å². The van der Waals surface area contributed by atoms with Crippen LogP contribution in [0.5, 0.6) is 5.75 Å². The van der Waals surface area contributed by atoms with E-state index in [1.54, 1.807) is 37.3 Å². The number of unbranched alkanes of at least 4 members (excludes halogenated alkanes) is 1. The molecule has 0 aliphatic carbocycles. The van der Waals surface area contributed by atoms with Crippen LogP contribution >= 0.6 is 23.2 Å². The molecule has 1 heterocycles. The maximum Gasteiger partial charge on any atom is 0.338 e. The second-order valence-electron chi connectivity index (χ2n) is 10.8. The molecule has 1 unspecified atom stereocenters. The summed E-state index contributed by atoms with van der Waals surface area (Å²) < 4.78 is 22.0. The van der Waals surface area contributed by atoms with Crippen molar-refractivity contribution >= 4 is 41.2 Å². The number of ether oxygens (including phenoxy) is 3. The minimum Gasteiger partial charge on any atom is -0.488 e. The molecular weight excluding hydrogens is 625 g/mol. The molecular formula is C37H39Cl2NO6. The van der Waals surface area contributed by atoms with E-state index >= 15 is 0 Å². The fourth-order valence-electron chi connectivity index (χ4n) is 5.09. The maximum absolute atomic E-state index is 12.1. The van der Waals surface area contributed by atoms with Crippen molar-refractivity contribution in [2.24, 2.45) is 5.92 Å². The Bertz CT molecular complexity index is 1610. The zero-order chi connectivity index (χ0) is 32.9. The molecule has 4 rings (SSSR count). The highest BCUT2D eigenvalue weighted by Crippen LogP contribution is 2.37. The molecule has 3 aromatic carbocycles. The number of allylic oxidation sites excluding steroid dienone is 1. The predicted molar refractivity (Wildman–Crippen MR) is 181 cm³/mol. The van der Waals surface area contributed by atoms with E-state index in [1.807, 2.05) is 50.2 Å². The van der Waals surface area contributed by atoms with Gasteiger partial charge < -0.3 is 18.7 Å². The molecule has 1 aromatic heterocycles. The highest BCUT2D eigenvalue weighted by molar-refractivity contribution is 6.39. The van der Waals surface area contributed by atoms with Gasteiger partial charge in [0.15, 0.2) is 0 Å². The second kappa shape index (κ2) is 17.6. The lowest BCUT2D eigenvalue weighted by Gasteiger charge is -2.15. The molecule has 0 fully saturated rings. The summed E-state index contributed by atoms with van der Waals surface area (Å²) in [6.07, 6.45) is 7.92. The van der Waals surface area contributed by atoms with Gasteiger partial charge in [-0.3, -0.25) is 4.79 Å². The highest BCUT2D eigenvalue weighted by Gasteiger charge is 2.20. The highest BCUT2D eigenvalue weighted by atomic mass is 35.5. The number of nitrogens with zero attached hydrogens (tertiary/aromatic N) is 1. The average Bonchev–Trinajstić information content (AvgIpc) is 3.40. The number of aromatic nitrogens is 1. The summed E-state index contributed by atoms with van der Waals surface area (Å²) in [7, 11) is 0. The molecule has 46 heavy (non-hydrogen) atoms. The lowest BCUT2D eigenvalue weighted by molar-refractivity contribution is -0.143. The molecule has 7 nitrogen and oxygen atoms in total. The van der Waals surface area contributed by atoms with Gasteiger partial charge in [0, 0.05) is 17.5 Å². The summed E-state index contributed by atoms with van der Waals surface area (Å²) in [5.41, 5.74) is 4.48. The maximum atomic E-state index is 12.1. The van der Waals surface area contributed by atoms with Gasteiger partial charge in [-0.2, -0.15) is 0 Å². The molecule has 9 heteroatoms. The number of para-hydroxylation sites is 1. The van der Waals surface area contributed by atoms with Crippen LogP contribution < -0.4 is 4.74 Å². The van der Waals surface area contributed by atoms with Gasteiger partial charge in [0.1, 0.15) is 23.8 Å². The van der Waals surface area contributed by atoms with Crippen LogP contribution in [0.15, 0.2) is 77.3 Å². The molecule has 1 atom stereocenters. The van der Waals surface area contributed by atoms with Crippen LogP contribution in [-0.4, -0.2) is 30.3 Å². The number of hydrogen-bond acceptors (Lipinski definition) is 7. The molecule has 0 amide bonds. The Morgan fingerprint density at radius 2 is 1.63 bits per heavy atom. The minimum absolute atomic E-state index is 0.168. The number of benzene rings is 3. The van der Waals surface area contributed by atoms with E-state index in [1.165, 1.54) is 0 Å². The third kappa shape index (κ3) is 9.71. The number of carbonyl (C=O) groups excluding carboxylic acids is 2. The van der Waals surface area contributed by atoms with Crippen molar-refractivity contribution in [1.82, 2.24) is 5.16 Å². The first-order chi connectivity index (χ1) is 22.3. The Kier molecular flexibility index (Phi) is 13.3. The van der Waals surface area contributed by atoms with E-state index in [4.69, 9.17) is 41.9 Å². The number of esters is 2. The van der Waals surface area contributed by atoms with Gasteiger partial charge >= 0.3 is 11.9 Å². The van der Waals surface area contributed by atoms with Crippen molar-refractivity contribution in [3.8, 4) is 17.0 Å². The molecule has 0 aliphatic heterocycles. The number of rotatable bonds is 16. The summed E-state index contributed by atoms with van der Waals surface area (Å²) in [5.74, 6) is 1.01. The zero-order valence-corrected chi connectivity index (χ0v) is 27.9. The molecule has 0 spiro atoms. The van der Waals surface area contributed by atoms with Gasteiger partial charge in [-0.05, 0) is 81.8 Å². The van der Waals surface area contributed by atoms with Crippen molar-refractivity contribution in [2.45, 2.75) is 59.5 Å². The van der Waals surface area contributed by atoms with E-state index in [0.29, 0.717) is 58.0 Å². The summed E-state index contributed by atoms with van der Waals surface area (Å²) >= 11 is 12.9. The number of hydrogen-bond donors (Lipinski definition) is 0. The van der Waals surface area contributed by atoms with Crippen molar-refractivity contribution in [3.05, 3.63) is 111 Å². The van der Waals surface area contributed by atoms with E-state index in [0.717, 1.165) is 42.4 Å². The molecule has 0 bridgehead atoms. The zero-order valence-electron chi connectivity index (χ0n) is 26.4. The van der Waals surface area contributed by atoms with Crippen LogP contribution in [0.3, 0.4) is 0 Å². The number of aryl methyl sites for hydroxylation is 1. The average molecular weight is 665 g/mol. The summed E-state index contributed by atoms with van der Waals surface area (Å²) in [6.45, 7) is 6.37. The minimum atomic E-state index is -0.329. The predicted octanol–water partition coefficient (Wildman–Crippen LogP) is 9.71. The van der Waals surface area contributed by atoms with Crippen LogP contribution in [0.25, 0.3) is 17.3 Å². The first kappa shape index (κ1) is 34.8. The first-order valence-corrected chi connectivity index (χ1v) is 16.3. The van der Waals surface area contributed by atoms with Gasteiger partial charge in [0.05, 0.1) is 34.4 Å². The van der Waals surface area contributed by atoms with E-state index < -0.39 is 0 Å². The standard InChI is InChI=1S/C37H39Cl2NO6/c1-4-43-34(41)16-9-6-11-26(23-27-18-21-29(22-19-27)37(42)44-5-2)17-20-28-12-7-8-15-33(28)45-24-30-25(3)46-40-36(30)35-31(38)13-10-14-32(35)39/h7-8,10,12-15,17-22,26H,4-6,9,11,16,23-24H2,1-3H3. The molecule has 4 aromatic rings. The van der Waals surface area contributed by atoms with Gasteiger partial charge in [-0.15, -0.1) is 0 Å². The van der Waals surface area contributed by atoms with Crippen molar-refractivity contribution < 1.29 is 28.3 Å². The normalized spacial score (nSPS) is 11.8. The van der Waals surface area contributed by atoms with E-state index in [-0.39, 0.29) is 24.5 Å². The van der Waals surface area contributed by atoms with Gasteiger partial charge in [-0.25, -0.2) is 4.79 Å². The topological polar surface area (TPSA) is 87.9 Å². The molecule has 0 saturated heterocycles. The summed E-state index contributed by atoms with van der Waals surface area (Å²) in [4.78, 5) is 24.0. The number of carbonyl (C=O) groups is 2. The second-order valence-corrected chi connectivity index (χ2v) is 11.6. The lowest BCUT2D eigenvalue weighted by Crippen LogP contribution is -2.06. The smallest absolute Gasteiger partial charge is 0.338 e. The Hall–Kier alpha value is -4.07. The third-order valence-electron chi connectivity index (χ3n) is 7.50. The number of halogens is 2. The van der Waals surface area contributed by atoms with Crippen LogP contribution in [0.4, 0.5) is 0 Å². The molecule has 0 radical (unpaired) electrons. The summed E-state index contributed by atoms with van der Waals surface area (Å²) in [5, 5.41) is 5.19. The van der Waals surface area contributed by atoms with Crippen molar-refractivity contribution in [2.75, 3.05) is 13.2 Å². The Balaban J connectivity index is 1.50. The molecule has 0 aliphatic rings. The van der Waals surface area contributed by atoms with Crippen LogP contribution in [0.2, 0.25) is 10.0 Å². The van der Waals surface area contributed by atoms with Gasteiger partial charge in [0.2, 0.25) is 0 Å². The van der Waals surface area contributed by atoms with Gasteiger partial charge in [-0.1, -0.05) is 83.3 Å². The largest absolute Gasteiger partial charge is 0.488 e. The Morgan fingerprint density at radius 3 is 2.35 bits per heavy atom. The first-order valence-electron chi connectivity index (χ1n) is 15.5. The van der Waals surface area contributed by atoms with Crippen LogP contribution in [0.1, 0.15) is 72.3 Å². The molecule has 0 saturated carbocycles. The molecule has 0 N–H and O–H groups in total. The van der Waals surface area contributed by atoms with Crippen LogP contribution in [0, 0.1) is 12.8 Å². The van der Waals surface area contributed by atoms with E-state index in [2.05, 4.69) is 17.3 Å². The fourth-order valence-corrected chi connectivity index (χ4v) is 5.67. The quantitative estimate of drug-likeness (QED) is 0.0871. The van der Waals surface area contributed by atoms with Gasteiger partial charge in [0.25, 0.3) is 0 Å². The molecule has 242 valence electrons. The summed E-state index contributed by atoms with van der Waals surface area (Å²) in [6, 6.07) is 20.7. The lowest BCUT2D eigenvalue weighted by atomic mass is 9.92.